The molecule has 3 aliphatic heterocycles. The lowest BCUT2D eigenvalue weighted by atomic mass is 9.90. The fourth-order valence-electron chi connectivity index (χ4n) is 10.5. The molecule has 6 aromatic heterocycles. The molecule has 618 valence electrons. The maximum Gasteiger partial charge on any atom is 0.446 e. The number of nitrogens with zero attached hydrogens (tertiary/aromatic N) is 25. The van der Waals surface area contributed by atoms with E-state index in [1.165, 1.54) is 23.5 Å². The van der Waals surface area contributed by atoms with Gasteiger partial charge in [0.1, 0.15) is 11.2 Å². The molecule has 3 aromatic carbocycles. The van der Waals surface area contributed by atoms with E-state index in [2.05, 4.69) is 168 Å². The maximum absolute atomic E-state index is 12.3. The van der Waals surface area contributed by atoms with Crippen molar-refractivity contribution in [3.63, 3.8) is 0 Å². The molecule has 0 atom stereocenters. The summed E-state index contributed by atoms with van der Waals surface area (Å²) < 4.78 is 48.9. The fraction of sp³-hybridized carbons (Fsp3) is 0.418. The fourth-order valence-corrected chi connectivity index (χ4v) is 14.3. The van der Waals surface area contributed by atoms with E-state index in [1.807, 2.05) is 110 Å². The number of carbonyl (C=O) groups is 3. The van der Waals surface area contributed by atoms with Crippen LogP contribution in [-0.4, -0.2) is 135 Å². The number of amides is 2. The van der Waals surface area contributed by atoms with Crippen LogP contribution < -0.4 is 36.9 Å². The normalized spacial score (nSPS) is 15.4. The van der Waals surface area contributed by atoms with Gasteiger partial charge in [-0.25, -0.2) is 39.5 Å². The molecule has 3 fully saturated rings. The number of alkyl carbamates (subject to hydrolysis) is 2. The zero-order valence-electron chi connectivity index (χ0n) is 62.4. The summed E-state index contributed by atoms with van der Waals surface area (Å²) in [6.07, 6.45) is 15.2. The molecule has 3 aliphatic rings. The number of thiol groups is 1. The summed E-state index contributed by atoms with van der Waals surface area (Å²) in [4.78, 5) is 71.5. The number of hydrogen-bond donors (Lipinski definition) is 6. The number of piperidine rings is 3. The van der Waals surface area contributed by atoms with Gasteiger partial charge in [0.2, 0.25) is 24.1 Å². The quantitative estimate of drug-likeness (QED) is 0.0182. The van der Waals surface area contributed by atoms with Crippen LogP contribution in [0.1, 0.15) is 108 Å². The number of hydrogen-bond acceptors (Lipinski definition) is 20. The lowest BCUT2D eigenvalue weighted by Gasteiger charge is -2.40. The van der Waals surface area contributed by atoms with E-state index in [0.29, 0.717) is 35.0 Å². The third-order valence-corrected chi connectivity index (χ3v) is 21.9. The number of aromatic nitrogens is 9. The van der Waals surface area contributed by atoms with Crippen molar-refractivity contribution in [2.24, 2.45) is 79.5 Å². The minimum Gasteiger partial charge on any atom is -0.444 e. The van der Waals surface area contributed by atoms with Gasteiger partial charge in [0.25, 0.3) is 0 Å². The van der Waals surface area contributed by atoms with E-state index < -0.39 is 23.7 Å². The number of fused-ring (bicyclic) bond motifs is 3. The van der Waals surface area contributed by atoms with E-state index >= 15 is 0 Å². The molecule has 12 rings (SSSR count). The SMILES string of the molecule is C.CC1(N)CCN(c2ncc(Sc3cccc(Cl)c3Cl)c3nccn23)CC1.CC1(NC(=O)OC(C)(C)C)CCN(c2ncc(Br)c3nccn23)CC1.CC1(NC(=O)OC(C)(C)C)CCN(c2ncc(Sc3cccc(Cl)c3Cl)c3nccn23)CC1.N=N/N=N/N=N/N=N/N=N/N=N/N=N/N.O=CC(F)(F)F.Sc1cccc(Cl)c1Cl. The zero-order chi connectivity index (χ0) is 83.6. The molecule has 48 heteroatoms. The van der Waals surface area contributed by atoms with Crippen LogP contribution in [-0.2, 0) is 14.3 Å². The largest absolute Gasteiger partial charge is 0.446 e. The highest BCUT2D eigenvalue weighted by molar-refractivity contribution is 9.10. The minimum absolute atomic E-state index is 0. The molecule has 7 N–H and O–H groups in total. The highest BCUT2D eigenvalue weighted by Gasteiger charge is 2.37. The summed E-state index contributed by atoms with van der Waals surface area (Å²) in [5.74, 6) is 7.16. The van der Waals surface area contributed by atoms with E-state index in [4.69, 9.17) is 105 Å². The number of halogens is 10. The Morgan fingerprint density at radius 3 is 1.22 bits per heavy atom. The summed E-state index contributed by atoms with van der Waals surface area (Å²) in [6, 6.07) is 16.5. The van der Waals surface area contributed by atoms with Gasteiger partial charge in [-0.1, -0.05) is 124 Å². The molecule has 0 bridgehead atoms. The standard InChI is InChI=1S/C23H27Cl2N5O2S.C18H19Cl2N5S.C17H24BrN5O2.C6H4Cl2S.C2HF3O.CH4.H3N15/c1-22(2,3)32-21(31)28-23(4)8-11-29(12-9-23)20-27-14-17(19-26-10-13-30(19)20)33-16-7-5-6-15(24)18(16)25;1-18(21)5-8-24(9-6-18)17-23-11-14(16-22-7-10-25(16)17)26-13-4-2-3-12(19)15(13)20;1-16(2,3)25-15(24)21-17(4)5-8-22(9-6-17)14-20-11-12(18)13-19-7-10-23(13)14;7-4-2-1-3-5(9)6(4)8;3-2(4,5)1-6;;1-3-5-7-9-11-13-15-14-12-10-8-6-4-2/h5-7,10,13-14H,8-9,11-12H2,1-4H3,(H,28,31);2-4,7,10-11H,5-6,8-9,21H2,1H3;7,10-11H,5-6,8-9H2,1-4H3,(H,21,24);1-3,9H;1H;1H4;(H3,1,2,5,6,9,10,13,14). The highest BCUT2D eigenvalue weighted by atomic mass is 79.9. The predicted octanol–water partition coefficient (Wildman–Crippen LogP) is 20.7. The average Bonchev–Trinajstić information content (AvgIpc) is 1.72. The number of imidazole rings is 3. The second-order valence-electron chi connectivity index (χ2n) is 27.3. The Kier molecular flexibility index (Phi) is 36.3. The zero-order valence-corrected chi connectivity index (χ0v) is 71.0. The average molecular weight is 1830 g/mol. The molecule has 35 nitrogen and oxygen atoms in total. The van der Waals surface area contributed by atoms with Crippen LogP contribution in [0.2, 0.25) is 30.1 Å². The number of aldehydes is 1. The number of benzene rings is 3. The molecule has 115 heavy (non-hydrogen) atoms. The van der Waals surface area contributed by atoms with Crippen LogP contribution in [0.5, 0.6) is 0 Å². The third kappa shape index (κ3) is 30.0. The maximum atomic E-state index is 12.3. The van der Waals surface area contributed by atoms with Crippen molar-refractivity contribution in [1.82, 2.24) is 53.7 Å². The number of nitrogens with one attached hydrogen (secondary N) is 3. The molecule has 0 saturated carbocycles. The van der Waals surface area contributed by atoms with Gasteiger partial charge in [0, 0.05) is 126 Å². The van der Waals surface area contributed by atoms with Crippen molar-refractivity contribution in [2.45, 2.75) is 167 Å². The second kappa shape index (κ2) is 43.9. The van der Waals surface area contributed by atoms with Crippen LogP contribution in [0.15, 0.2) is 207 Å². The van der Waals surface area contributed by atoms with Crippen LogP contribution in [0.4, 0.5) is 40.6 Å². The van der Waals surface area contributed by atoms with Crippen molar-refractivity contribution in [3.8, 4) is 0 Å². The predicted molar refractivity (Wildman–Crippen MR) is 441 cm³/mol. The van der Waals surface area contributed by atoms with Crippen molar-refractivity contribution < 1.29 is 37.0 Å². The van der Waals surface area contributed by atoms with Gasteiger partial charge >= 0.3 is 18.4 Å². The first-order valence-corrected chi connectivity index (χ1v) is 39.0. The molecule has 9 heterocycles. The van der Waals surface area contributed by atoms with Gasteiger partial charge in [-0.15, -0.1) is 12.6 Å². The van der Waals surface area contributed by atoms with Gasteiger partial charge in [0.05, 0.1) is 44.4 Å². The first-order valence-electron chi connectivity index (χ1n) is 33.9. The lowest BCUT2D eigenvalue weighted by molar-refractivity contribution is -0.156. The number of alkyl halides is 3. The second-order valence-corrected chi connectivity index (χ2v) is 33.2. The van der Waals surface area contributed by atoms with Gasteiger partial charge in [-0.3, -0.25) is 18.0 Å². The van der Waals surface area contributed by atoms with Crippen molar-refractivity contribution in [2.75, 3.05) is 54.0 Å². The van der Waals surface area contributed by atoms with Crippen molar-refractivity contribution in [1.29, 1.82) is 5.53 Å². The molecule has 0 aliphatic carbocycles. The monoisotopic (exact) mass is 1830 g/mol. The molecule has 0 radical (unpaired) electrons. The molecular weight excluding hydrogens is 1750 g/mol. The smallest absolute Gasteiger partial charge is 0.444 e. The van der Waals surface area contributed by atoms with Crippen molar-refractivity contribution >= 4 is 175 Å². The number of carbonyl (C=O) groups excluding carboxylic acids is 3. The summed E-state index contributed by atoms with van der Waals surface area (Å²) in [5, 5.41) is 46.5. The topological polar surface area (TPSA) is 431 Å². The van der Waals surface area contributed by atoms with E-state index in [1.54, 1.807) is 55.1 Å². The van der Waals surface area contributed by atoms with Gasteiger partial charge in [0.15, 0.2) is 16.9 Å². The molecule has 2 amide bonds. The molecule has 0 spiro atoms. The molecule has 3 saturated heterocycles. The Morgan fingerprint density at radius 2 is 0.870 bits per heavy atom. The van der Waals surface area contributed by atoms with Gasteiger partial charge in [-0.2, -0.15) is 18.7 Å². The molecular formula is C67H82BrCl6F3N30O5S3. The van der Waals surface area contributed by atoms with E-state index in [-0.39, 0.29) is 36.2 Å². The summed E-state index contributed by atoms with van der Waals surface area (Å²) in [5.41, 5.74) is 13.2. The van der Waals surface area contributed by atoms with E-state index in [0.717, 1.165) is 137 Å². The van der Waals surface area contributed by atoms with Crippen LogP contribution in [0, 0.1) is 5.53 Å². The Morgan fingerprint density at radius 1 is 0.539 bits per heavy atom. The molecule has 9 aromatic rings. The number of nitrogens with two attached hydrogens (primary N) is 2. The van der Waals surface area contributed by atoms with Crippen molar-refractivity contribution in [3.05, 3.63) is 145 Å². The summed E-state index contributed by atoms with van der Waals surface area (Å²) in [7, 11) is 0. The first kappa shape index (κ1) is 95.0. The van der Waals surface area contributed by atoms with Gasteiger partial charge in [-0.05, 0) is 216 Å². The highest BCUT2D eigenvalue weighted by Crippen LogP contribution is 2.42. The number of anilines is 3. The van der Waals surface area contributed by atoms with Crippen LogP contribution in [0.3, 0.4) is 0 Å². The lowest BCUT2D eigenvalue weighted by Crippen LogP contribution is -2.54. The number of rotatable bonds is 15. The summed E-state index contributed by atoms with van der Waals surface area (Å²) in [6.45, 7) is 22.3. The summed E-state index contributed by atoms with van der Waals surface area (Å²) >= 11 is 46.8. The van der Waals surface area contributed by atoms with E-state index in [9.17, 15) is 22.8 Å². The Hall–Kier alpha value is -8.85. The molecule has 0 unspecified atom stereocenters. The van der Waals surface area contributed by atoms with Crippen LogP contribution in [0.25, 0.3) is 16.9 Å². The number of ether oxygens (including phenoxy) is 2. The Labute approximate surface area is 711 Å². The third-order valence-electron chi connectivity index (χ3n) is 16.0. The van der Waals surface area contributed by atoms with Crippen LogP contribution >= 0.6 is 122 Å². The first-order chi connectivity index (χ1) is 53.8. The Balaban J connectivity index is 0.000000229. The van der Waals surface area contributed by atoms with Gasteiger partial charge < -0.3 is 46.4 Å². The Bertz CT molecular complexity index is 4910. The minimum atomic E-state index is -4.64.